The summed E-state index contributed by atoms with van der Waals surface area (Å²) < 4.78 is 5.25. The standard InChI is InChI=1S/C17H22N2O2/c1-21-17-5-3-2-4-15(17)16(20)8-11-19-13-12-18-9-6-14(19)7-10-18/h2-5,8,11,14H,6-7,9-10,12-13H2,1H3. The molecule has 112 valence electrons. The quantitative estimate of drug-likeness (QED) is 0.627. The maximum Gasteiger partial charge on any atom is 0.191 e. The van der Waals surface area contributed by atoms with Crippen LogP contribution in [0.15, 0.2) is 36.5 Å². The molecule has 4 nitrogen and oxygen atoms in total. The summed E-state index contributed by atoms with van der Waals surface area (Å²) in [6, 6.07) is 7.96. The molecule has 4 rings (SSSR count). The summed E-state index contributed by atoms with van der Waals surface area (Å²) in [4.78, 5) is 17.2. The van der Waals surface area contributed by atoms with Gasteiger partial charge in [0.2, 0.25) is 0 Å². The van der Waals surface area contributed by atoms with E-state index in [0.717, 1.165) is 13.1 Å². The number of carbonyl (C=O) groups excluding carboxylic acids is 1. The van der Waals surface area contributed by atoms with Crippen LogP contribution in [0, 0.1) is 0 Å². The summed E-state index contributed by atoms with van der Waals surface area (Å²) in [5.74, 6) is 0.640. The van der Waals surface area contributed by atoms with Gasteiger partial charge in [-0.3, -0.25) is 4.79 Å². The highest BCUT2D eigenvalue weighted by Gasteiger charge is 2.27. The first-order valence-electron chi connectivity index (χ1n) is 7.61. The van der Waals surface area contributed by atoms with Gasteiger partial charge in [-0.05, 0) is 25.0 Å². The number of ketones is 1. The number of benzene rings is 1. The van der Waals surface area contributed by atoms with E-state index < -0.39 is 0 Å². The SMILES string of the molecule is COc1ccccc1C(=O)C=CN1CCN2CCC1CC2. The lowest BCUT2D eigenvalue weighted by Gasteiger charge is -2.30. The Labute approximate surface area is 126 Å². The maximum atomic E-state index is 12.4. The van der Waals surface area contributed by atoms with Crippen LogP contribution in [0.2, 0.25) is 0 Å². The van der Waals surface area contributed by atoms with E-state index >= 15 is 0 Å². The fraction of sp³-hybridized carbons (Fsp3) is 0.471. The third-order valence-electron chi connectivity index (χ3n) is 4.49. The van der Waals surface area contributed by atoms with Crippen molar-refractivity contribution in [2.75, 3.05) is 33.3 Å². The molecule has 0 N–H and O–H groups in total. The van der Waals surface area contributed by atoms with Gasteiger partial charge in [0.05, 0.1) is 12.7 Å². The van der Waals surface area contributed by atoms with Gasteiger partial charge >= 0.3 is 0 Å². The molecule has 3 aliphatic rings. The van der Waals surface area contributed by atoms with Crippen molar-refractivity contribution in [3.05, 3.63) is 42.1 Å². The Hall–Kier alpha value is -1.81. The molecule has 3 heterocycles. The van der Waals surface area contributed by atoms with Crippen LogP contribution in [0.5, 0.6) is 5.75 Å². The van der Waals surface area contributed by atoms with Crippen molar-refractivity contribution in [2.24, 2.45) is 0 Å². The van der Waals surface area contributed by atoms with Crippen molar-refractivity contribution < 1.29 is 9.53 Å². The summed E-state index contributed by atoms with van der Waals surface area (Å²) in [6.07, 6.45) is 6.07. The van der Waals surface area contributed by atoms with Gasteiger partial charge in [0.25, 0.3) is 0 Å². The van der Waals surface area contributed by atoms with Crippen LogP contribution < -0.4 is 4.74 Å². The van der Waals surface area contributed by atoms with E-state index in [4.69, 9.17) is 4.74 Å². The lowest BCUT2D eigenvalue weighted by atomic mass is 10.1. The van der Waals surface area contributed by atoms with Crippen LogP contribution in [0.3, 0.4) is 0 Å². The first-order chi connectivity index (χ1) is 10.3. The van der Waals surface area contributed by atoms with Gasteiger partial charge in [0, 0.05) is 44.5 Å². The Morgan fingerprint density at radius 1 is 1.19 bits per heavy atom. The lowest BCUT2D eigenvalue weighted by Crippen LogP contribution is -2.35. The molecule has 3 fully saturated rings. The van der Waals surface area contributed by atoms with E-state index in [1.54, 1.807) is 13.2 Å². The number of nitrogens with zero attached hydrogens (tertiary/aromatic N) is 2. The van der Waals surface area contributed by atoms with Crippen molar-refractivity contribution in [3.8, 4) is 5.75 Å². The topological polar surface area (TPSA) is 32.8 Å². The molecule has 0 unspecified atom stereocenters. The zero-order valence-corrected chi connectivity index (χ0v) is 12.5. The monoisotopic (exact) mass is 286 g/mol. The first-order valence-corrected chi connectivity index (χ1v) is 7.61. The van der Waals surface area contributed by atoms with E-state index in [2.05, 4.69) is 9.80 Å². The number of allylic oxidation sites excluding steroid dienone is 1. The second kappa shape index (κ2) is 6.31. The number of carbonyl (C=O) groups is 1. The van der Waals surface area contributed by atoms with Gasteiger partial charge < -0.3 is 14.5 Å². The van der Waals surface area contributed by atoms with Crippen molar-refractivity contribution in [3.63, 3.8) is 0 Å². The molecule has 1 aromatic rings. The average Bonchev–Trinajstić information content (AvgIpc) is 2.86. The van der Waals surface area contributed by atoms with Crippen LogP contribution in [-0.2, 0) is 0 Å². The summed E-state index contributed by atoms with van der Waals surface area (Å²) in [6.45, 7) is 4.50. The molecular weight excluding hydrogens is 264 g/mol. The minimum absolute atomic E-state index is 0.00606. The number of para-hydroxylation sites is 1. The molecule has 1 aromatic carbocycles. The summed E-state index contributed by atoms with van der Waals surface area (Å²) >= 11 is 0. The van der Waals surface area contributed by atoms with Crippen LogP contribution >= 0.6 is 0 Å². The fourth-order valence-corrected chi connectivity index (χ4v) is 3.21. The zero-order chi connectivity index (χ0) is 14.7. The normalized spacial score (nSPS) is 25.1. The van der Waals surface area contributed by atoms with Crippen LogP contribution in [0.25, 0.3) is 0 Å². The van der Waals surface area contributed by atoms with Crippen LogP contribution in [-0.4, -0.2) is 54.9 Å². The molecular formula is C17H22N2O2. The summed E-state index contributed by atoms with van der Waals surface area (Å²) in [7, 11) is 1.59. The number of rotatable bonds is 4. The summed E-state index contributed by atoms with van der Waals surface area (Å²) in [5.41, 5.74) is 0.624. The molecule has 0 saturated carbocycles. The van der Waals surface area contributed by atoms with Crippen LogP contribution in [0.4, 0.5) is 0 Å². The third kappa shape index (κ3) is 3.10. The predicted molar refractivity (Wildman–Crippen MR) is 82.6 cm³/mol. The minimum atomic E-state index is 0.00606. The molecule has 4 heteroatoms. The molecule has 0 atom stereocenters. The fourth-order valence-electron chi connectivity index (χ4n) is 3.21. The van der Waals surface area contributed by atoms with Crippen molar-refractivity contribution in [2.45, 2.75) is 18.9 Å². The lowest BCUT2D eigenvalue weighted by molar-refractivity contribution is 0.104. The van der Waals surface area contributed by atoms with Gasteiger partial charge in [-0.15, -0.1) is 0 Å². The molecule has 0 spiro atoms. The van der Waals surface area contributed by atoms with Gasteiger partial charge in [-0.1, -0.05) is 12.1 Å². The van der Waals surface area contributed by atoms with E-state index in [0.29, 0.717) is 17.4 Å². The largest absolute Gasteiger partial charge is 0.496 e. The van der Waals surface area contributed by atoms with Gasteiger partial charge in [0.1, 0.15) is 5.75 Å². The average molecular weight is 286 g/mol. The highest BCUT2D eigenvalue weighted by Crippen LogP contribution is 2.22. The third-order valence-corrected chi connectivity index (χ3v) is 4.49. The molecule has 0 radical (unpaired) electrons. The molecule has 0 aromatic heterocycles. The smallest absolute Gasteiger partial charge is 0.191 e. The molecule has 3 saturated heterocycles. The van der Waals surface area contributed by atoms with Gasteiger partial charge in [-0.25, -0.2) is 0 Å². The van der Waals surface area contributed by atoms with Crippen LogP contribution in [0.1, 0.15) is 23.2 Å². The Balaban J connectivity index is 1.71. The number of hydrogen-bond acceptors (Lipinski definition) is 4. The maximum absolute atomic E-state index is 12.4. The second-order valence-corrected chi connectivity index (χ2v) is 5.69. The Morgan fingerprint density at radius 2 is 1.95 bits per heavy atom. The first kappa shape index (κ1) is 14.1. The van der Waals surface area contributed by atoms with E-state index in [9.17, 15) is 4.79 Å². The number of fused-ring (bicyclic) bond motifs is 4. The molecule has 2 bridgehead atoms. The van der Waals surface area contributed by atoms with Gasteiger partial charge in [-0.2, -0.15) is 0 Å². The number of ether oxygens (including phenoxy) is 1. The number of piperidine rings is 1. The predicted octanol–water partition coefficient (Wildman–Crippen LogP) is 2.17. The Kier molecular flexibility index (Phi) is 4.25. The van der Waals surface area contributed by atoms with Gasteiger partial charge in [0.15, 0.2) is 5.78 Å². The molecule has 21 heavy (non-hydrogen) atoms. The van der Waals surface area contributed by atoms with Crippen molar-refractivity contribution >= 4 is 5.78 Å². The van der Waals surface area contributed by atoms with E-state index in [1.807, 2.05) is 30.5 Å². The molecule has 3 aliphatic heterocycles. The number of hydrogen-bond donors (Lipinski definition) is 0. The minimum Gasteiger partial charge on any atom is -0.496 e. The molecule has 0 amide bonds. The van der Waals surface area contributed by atoms with E-state index in [1.165, 1.54) is 25.9 Å². The van der Waals surface area contributed by atoms with Crippen molar-refractivity contribution in [1.82, 2.24) is 9.80 Å². The van der Waals surface area contributed by atoms with E-state index in [-0.39, 0.29) is 5.78 Å². The summed E-state index contributed by atoms with van der Waals surface area (Å²) in [5, 5.41) is 0. The zero-order valence-electron chi connectivity index (χ0n) is 12.5. The highest BCUT2D eigenvalue weighted by molar-refractivity contribution is 6.06. The second-order valence-electron chi connectivity index (χ2n) is 5.69. The van der Waals surface area contributed by atoms with Crippen molar-refractivity contribution in [1.29, 1.82) is 0 Å². The number of methoxy groups -OCH3 is 1. The molecule has 0 aliphatic carbocycles. The highest BCUT2D eigenvalue weighted by atomic mass is 16.5. The Bertz CT molecular complexity index is 533. The Morgan fingerprint density at radius 3 is 2.71 bits per heavy atom.